The Morgan fingerprint density at radius 1 is 0.450 bits per heavy atom. The van der Waals surface area contributed by atoms with Crippen LogP contribution in [-0.4, -0.2) is 9.97 Å². The van der Waals surface area contributed by atoms with Gasteiger partial charge in [0.1, 0.15) is 0 Å². The van der Waals surface area contributed by atoms with E-state index in [1.807, 2.05) is 0 Å². The lowest BCUT2D eigenvalue weighted by atomic mass is 10.1. The van der Waals surface area contributed by atoms with E-state index in [4.69, 9.17) is 0 Å². The van der Waals surface area contributed by atoms with Gasteiger partial charge in [-0.25, -0.2) is 0 Å². The van der Waals surface area contributed by atoms with Crippen LogP contribution >= 0.6 is 0 Å². The topological polar surface area (TPSA) is 31.6 Å². The van der Waals surface area contributed by atoms with E-state index in [0.29, 0.717) is 0 Å². The van der Waals surface area contributed by atoms with Crippen molar-refractivity contribution in [2.24, 2.45) is 0 Å². The van der Waals surface area contributed by atoms with Gasteiger partial charge in [0.2, 0.25) is 0 Å². The number of H-pyrrole nitrogens is 2. The molecule has 2 aromatic heterocycles. The summed E-state index contributed by atoms with van der Waals surface area (Å²) in [7, 11) is 0. The van der Waals surface area contributed by atoms with Gasteiger partial charge in [0.15, 0.2) is 0 Å². The SMILES string of the molecule is c1ccc2c(c1)[nH]c1ccc3[nH]c4ccccc4c3c12. The third kappa shape index (κ3) is 1.14. The van der Waals surface area contributed by atoms with Gasteiger partial charge in [-0.3, -0.25) is 0 Å². The van der Waals surface area contributed by atoms with Crippen molar-refractivity contribution in [1.82, 2.24) is 9.97 Å². The van der Waals surface area contributed by atoms with E-state index < -0.39 is 0 Å². The van der Waals surface area contributed by atoms with E-state index >= 15 is 0 Å². The molecule has 0 atom stereocenters. The Bertz CT molecular complexity index is 1010. The van der Waals surface area contributed by atoms with Gasteiger partial charge in [-0.2, -0.15) is 0 Å². The molecule has 3 aromatic carbocycles. The number of nitrogens with one attached hydrogen (secondary N) is 2. The molecule has 94 valence electrons. The molecule has 0 aliphatic rings. The number of rotatable bonds is 0. The Balaban J connectivity index is 2.19. The number of hydrogen-bond donors (Lipinski definition) is 2. The second kappa shape index (κ2) is 3.42. The zero-order valence-electron chi connectivity index (χ0n) is 10.8. The molecule has 0 saturated carbocycles. The molecule has 5 rings (SSSR count). The van der Waals surface area contributed by atoms with Crippen molar-refractivity contribution in [3.8, 4) is 0 Å². The van der Waals surface area contributed by atoms with Crippen LogP contribution in [0.1, 0.15) is 0 Å². The summed E-state index contributed by atoms with van der Waals surface area (Å²) in [6.45, 7) is 0. The fourth-order valence-electron chi connectivity index (χ4n) is 3.28. The Morgan fingerprint density at radius 2 is 0.900 bits per heavy atom. The van der Waals surface area contributed by atoms with Crippen LogP contribution in [0.25, 0.3) is 43.6 Å². The van der Waals surface area contributed by atoms with Gasteiger partial charge in [0.05, 0.1) is 0 Å². The van der Waals surface area contributed by atoms with Gasteiger partial charge < -0.3 is 9.97 Å². The lowest BCUT2D eigenvalue weighted by Gasteiger charge is -1.96. The fraction of sp³-hybridized carbons (Fsp3) is 0. The Morgan fingerprint density at radius 3 is 1.40 bits per heavy atom. The van der Waals surface area contributed by atoms with Crippen LogP contribution in [-0.2, 0) is 0 Å². The number of aromatic amines is 2. The average molecular weight is 256 g/mol. The summed E-state index contributed by atoms with van der Waals surface area (Å²) in [5.74, 6) is 0. The third-order valence-corrected chi connectivity index (χ3v) is 4.14. The summed E-state index contributed by atoms with van der Waals surface area (Å²) in [5, 5.41) is 5.21. The van der Waals surface area contributed by atoms with Crippen LogP contribution in [0.5, 0.6) is 0 Å². The first-order valence-electron chi connectivity index (χ1n) is 6.82. The lowest BCUT2D eigenvalue weighted by Crippen LogP contribution is -1.71. The first-order valence-corrected chi connectivity index (χ1v) is 6.82. The van der Waals surface area contributed by atoms with Crippen molar-refractivity contribution in [3.05, 3.63) is 60.7 Å². The first-order chi connectivity index (χ1) is 9.92. The lowest BCUT2D eigenvalue weighted by molar-refractivity contribution is 1.53. The molecule has 2 heterocycles. The molecular formula is C18H12N2. The number of benzene rings is 3. The molecule has 0 aliphatic heterocycles. The van der Waals surface area contributed by atoms with Crippen molar-refractivity contribution in [1.29, 1.82) is 0 Å². The van der Waals surface area contributed by atoms with Crippen LogP contribution in [0, 0.1) is 0 Å². The monoisotopic (exact) mass is 256 g/mol. The first kappa shape index (κ1) is 10.1. The van der Waals surface area contributed by atoms with Crippen molar-refractivity contribution in [2.45, 2.75) is 0 Å². The van der Waals surface area contributed by atoms with E-state index in [0.717, 1.165) is 0 Å². The number of hydrogen-bond acceptors (Lipinski definition) is 0. The van der Waals surface area contributed by atoms with Crippen LogP contribution < -0.4 is 0 Å². The molecular weight excluding hydrogens is 244 g/mol. The van der Waals surface area contributed by atoms with Crippen LogP contribution in [0.4, 0.5) is 0 Å². The Hall–Kier alpha value is -2.74. The second-order valence-electron chi connectivity index (χ2n) is 5.25. The van der Waals surface area contributed by atoms with Crippen molar-refractivity contribution < 1.29 is 0 Å². The summed E-state index contributed by atoms with van der Waals surface area (Å²) in [4.78, 5) is 7.02. The molecule has 2 heteroatoms. The minimum atomic E-state index is 1.19. The van der Waals surface area contributed by atoms with Crippen molar-refractivity contribution >= 4 is 43.6 Å². The highest BCUT2D eigenvalue weighted by molar-refractivity contribution is 6.27. The number of aromatic nitrogens is 2. The molecule has 0 fully saturated rings. The predicted molar refractivity (Wildman–Crippen MR) is 85.2 cm³/mol. The highest BCUT2D eigenvalue weighted by Gasteiger charge is 2.11. The number of para-hydroxylation sites is 2. The quantitative estimate of drug-likeness (QED) is 0.392. The standard InChI is InChI=1S/C18H12N2/c1-3-7-13-11(5-1)17-15(19-13)9-10-16-18(17)12-6-2-4-8-14(12)20-16/h1-10,19-20H. The molecule has 5 aromatic rings. The van der Waals surface area contributed by atoms with E-state index in [1.54, 1.807) is 0 Å². The molecule has 0 bridgehead atoms. The molecule has 2 nitrogen and oxygen atoms in total. The average Bonchev–Trinajstić information content (AvgIpc) is 3.04. The van der Waals surface area contributed by atoms with E-state index in [1.165, 1.54) is 43.6 Å². The zero-order valence-corrected chi connectivity index (χ0v) is 10.8. The molecule has 0 radical (unpaired) electrons. The number of fused-ring (bicyclic) bond motifs is 7. The van der Waals surface area contributed by atoms with Crippen molar-refractivity contribution in [2.75, 3.05) is 0 Å². The molecule has 0 unspecified atom stereocenters. The molecule has 2 N–H and O–H groups in total. The highest BCUT2D eigenvalue weighted by Crippen LogP contribution is 2.36. The minimum Gasteiger partial charge on any atom is -0.354 e. The van der Waals surface area contributed by atoms with Gasteiger partial charge in [-0.15, -0.1) is 0 Å². The van der Waals surface area contributed by atoms with Crippen molar-refractivity contribution in [3.63, 3.8) is 0 Å². The zero-order chi connectivity index (χ0) is 13.1. The van der Waals surface area contributed by atoms with Crippen LogP contribution in [0.2, 0.25) is 0 Å². The Labute approximate surface area is 115 Å². The smallest absolute Gasteiger partial charge is 0.0472 e. The second-order valence-corrected chi connectivity index (χ2v) is 5.25. The van der Waals surface area contributed by atoms with Gasteiger partial charge in [0, 0.05) is 43.6 Å². The van der Waals surface area contributed by atoms with E-state index in [9.17, 15) is 0 Å². The molecule has 20 heavy (non-hydrogen) atoms. The van der Waals surface area contributed by atoms with Gasteiger partial charge in [-0.05, 0) is 24.3 Å². The summed E-state index contributed by atoms with van der Waals surface area (Å²) in [6.07, 6.45) is 0. The predicted octanol–water partition coefficient (Wildman–Crippen LogP) is 4.96. The minimum absolute atomic E-state index is 1.19. The molecule has 0 spiro atoms. The maximum atomic E-state index is 3.51. The summed E-state index contributed by atoms with van der Waals surface area (Å²) in [5.41, 5.74) is 4.78. The maximum absolute atomic E-state index is 3.51. The maximum Gasteiger partial charge on any atom is 0.0472 e. The van der Waals surface area contributed by atoms with E-state index in [2.05, 4.69) is 70.6 Å². The fourth-order valence-corrected chi connectivity index (χ4v) is 3.28. The highest BCUT2D eigenvalue weighted by atomic mass is 14.7. The summed E-state index contributed by atoms with van der Waals surface area (Å²) < 4.78 is 0. The molecule has 0 saturated heterocycles. The molecule has 0 amide bonds. The third-order valence-electron chi connectivity index (χ3n) is 4.14. The van der Waals surface area contributed by atoms with Gasteiger partial charge in [-0.1, -0.05) is 36.4 Å². The van der Waals surface area contributed by atoms with Crippen LogP contribution in [0.15, 0.2) is 60.7 Å². The van der Waals surface area contributed by atoms with Crippen LogP contribution in [0.3, 0.4) is 0 Å². The Kier molecular flexibility index (Phi) is 1.73. The summed E-state index contributed by atoms with van der Waals surface area (Å²) in [6, 6.07) is 21.3. The largest absolute Gasteiger partial charge is 0.354 e. The van der Waals surface area contributed by atoms with Gasteiger partial charge >= 0.3 is 0 Å². The van der Waals surface area contributed by atoms with Gasteiger partial charge in [0.25, 0.3) is 0 Å². The normalized spacial score (nSPS) is 12.0. The summed E-state index contributed by atoms with van der Waals surface area (Å²) >= 11 is 0. The molecule has 0 aliphatic carbocycles. The van der Waals surface area contributed by atoms with E-state index in [-0.39, 0.29) is 0 Å².